The molecule has 8 heteroatoms. The van der Waals surface area contributed by atoms with Crippen LogP contribution in [-0.4, -0.2) is 40.6 Å². The first kappa shape index (κ1) is 21.5. The number of ketones is 1. The number of Topliss-reactive ketones (excluding diaryl/α,β-unsaturated/α-hetero) is 1. The molecule has 0 radical (unpaired) electrons. The number of thiophene rings is 1. The number of carbonyl (C=O) groups excluding carboxylic acids is 4. The summed E-state index contributed by atoms with van der Waals surface area (Å²) < 4.78 is 0. The number of nitrogens with one attached hydrogen (secondary N) is 2. The second-order valence-corrected chi connectivity index (χ2v) is 10.2. The van der Waals surface area contributed by atoms with E-state index in [0.717, 1.165) is 29.0 Å². The van der Waals surface area contributed by atoms with Gasteiger partial charge in [-0.1, -0.05) is 40.5 Å². The highest BCUT2D eigenvalue weighted by molar-refractivity contribution is 7.14. The summed E-state index contributed by atoms with van der Waals surface area (Å²) in [4.78, 5) is 52.5. The van der Waals surface area contributed by atoms with Gasteiger partial charge in [-0.05, 0) is 30.9 Å². The molecule has 1 saturated heterocycles. The molecule has 3 rings (SSSR count). The van der Waals surface area contributed by atoms with Gasteiger partial charge in [0.05, 0.1) is 18.0 Å². The Balaban J connectivity index is 1.63. The topological polar surface area (TPSA) is 95.6 Å². The monoisotopic (exact) mass is 419 g/mol. The predicted molar refractivity (Wildman–Crippen MR) is 111 cm³/mol. The Bertz CT molecular complexity index is 841. The van der Waals surface area contributed by atoms with E-state index < -0.39 is 17.0 Å². The Hall–Kier alpha value is -2.22. The molecule has 2 fully saturated rings. The second-order valence-electron chi connectivity index (χ2n) is 9.06. The summed E-state index contributed by atoms with van der Waals surface area (Å²) in [5.74, 6) is -0.553. The molecule has 4 amide bonds. The van der Waals surface area contributed by atoms with Gasteiger partial charge in [0.15, 0.2) is 5.78 Å². The van der Waals surface area contributed by atoms with E-state index in [2.05, 4.69) is 10.6 Å². The van der Waals surface area contributed by atoms with E-state index in [1.807, 2.05) is 27.7 Å². The summed E-state index contributed by atoms with van der Waals surface area (Å²) in [7, 11) is 0. The maximum Gasteiger partial charge on any atom is 0.325 e. The lowest BCUT2D eigenvalue weighted by molar-refractivity contribution is -0.134. The van der Waals surface area contributed by atoms with Crippen LogP contribution in [0.15, 0.2) is 12.1 Å². The Labute approximate surface area is 175 Å². The van der Waals surface area contributed by atoms with Gasteiger partial charge in [-0.25, -0.2) is 4.79 Å². The van der Waals surface area contributed by atoms with Crippen LogP contribution in [0.5, 0.6) is 0 Å². The van der Waals surface area contributed by atoms with Gasteiger partial charge in [0, 0.05) is 10.3 Å². The minimum Gasteiger partial charge on any atom is -0.351 e. The van der Waals surface area contributed by atoms with Crippen molar-refractivity contribution < 1.29 is 19.2 Å². The van der Waals surface area contributed by atoms with E-state index in [4.69, 9.17) is 0 Å². The minimum absolute atomic E-state index is 0.0626. The van der Waals surface area contributed by atoms with Gasteiger partial charge in [0.1, 0.15) is 5.54 Å². The van der Waals surface area contributed by atoms with Gasteiger partial charge in [0.2, 0.25) is 5.91 Å². The molecule has 158 valence electrons. The van der Waals surface area contributed by atoms with Gasteiger partial charge in [-0.3, -0.25) is 19.3 Å². The van der Waals surface area contributed by atoms with Crippen LogP contribution >= 0.6 is 11.3 Å². The smallest absolute Gasteiger partial charge is 0.325 e. The molecule has 0 bridgehead atoms. The fourth-order valence-corrected chi connectivity index (χ4v) is 4.79. The van der Waals surface area contributed by atoms with E-state index in [1.165, 1.54) is 11.3 Å². The van der Waals surface area contributed by atoms with E-state index >= 15 is 0 Å². The van der Waals surface area contributed by atoms with Crippen molar-refractivity contribution in [1.82, 2.24) is 15.5 Å². The Morgan fingerprint density at radius 3 is 2.66 bits per heavy atom. The van der Waals surface area contributed by atoms with Gasteiger partial charge in [0.25, 0.3) is 5.91 Å². The summed E-state index contributed by atoms with van der Waals surface area (Å²) in [5.41, 5.74) is -1.33. The van der Waals surface area contributed by atoms with Crippen molar-refractivity contribution in [1.29, 1.82) is 0 Å². The molecule has 1 spiro atoms. The third-order valence-corrected chi connectivity index (χ3v) is 6.97. The van der Waals surface area contributed by atoms with Gasteiger partial charge in [-0.15, -0.1) is 11.3 Å². The summed E-state index contributed by atoms with van der Waals surface area (Å²) in [6, 6.07) is 2.99. The number of imide groups is 1. The van der Waals surface area contributed by atoms with Crippen LogP contribution in [0, 0.1) is 11.3 Å². The lowest BCUT2D eigenvalue weighted by atomic mass is 9.73. The third kappa shape index (κ3) is 4.22. The van der Waals surface area contributed by atoms with Crippen LogP contribution in [0.2, 0.25) is 0 Å². The maximum atomic E-state index is 13.0. The molecule has 7 nitrogen and oxygen atoms in total. The van der Waals surface area contributed by atoms with Crippen molar-refractivity contribution in [2.24, 2.45) is 11.3 Å². The standard InChI is InChI=1S/C21H29N3O4S/c1-13-7-5-6-10-21(13)18(27)24(19(28)23-21)12-15(25)16-9-8-14(29-16)11-22-17(26)20(2,3)4/h8-9,13H,5-7,10-12H2,1-4H3,(H,22,26)(H,23,28)/t13-,21+/m0/s1. The van der Waals surface area contributed by atoms with Crippen molar-refractivity contribution in [3.63, 3.8) is 0 Å². The fourth-order valence-electron chi connectivity index (χ4n) is 3.92. The van der Waals surface area contributed by atoms with Crippen LogP contribution in [0.1, 0.15) is 67.9 Å². The predicted octanol–water partition coefficient (Wildman–Crippen LogP) is 3.09. The first-order valence-corrected chi connectivity index (χ1v) is 10.9. The summed E-state index contributed by atoms with van der Waals surface area (Å²) >= 11 is 1.27. The highest BCUT2D eigenvalue weighted by atomic mass is 32.1. The van der Waals surface area contributed by atoms with Crippen LogP contribution in [0.3, 0.4) is 0 Å². The van der Waals surface area contributed by atoms with Crippen molar-refractivity contribution >= 4 is 35.0 Å². The Kier molecular flexibility index (Phi) is 5.85. The Morgan fingerprint density at radius 2 is 2.00 bits per heavy atom. The van der Waals surface area contributed by atoms with Gasteiger partial charge in [-0.2, -0.15) is 0 Å². The van der Waals surface area contributed by atoms with E-state index in [-0.39, 0.29) is 30.1 Å². The largest absolute Gasteiger partial charge is 0.351 e. The zero-order valence-electron chi connectivity index (χ0n) is 17.5. The zero-order valence-corrected chi connectivity index (χ0v) is 18.3. The number of nitrogens with zero attached hydrogens (tertiary/aromatic N) is 1. The molecule has 1 aromatic heterocycles. The fraction of sp³-hybridized carbons (Fsp3) is 0.619. The number of rotatable bonds is 5. The molecule has 1 aliphatic heterocycles. The SMILES string of the molecule is C[C@H]1CCCC[C@@]12NC(=O)N(CC(=O)c1ccc(CNC(=O)C(C)(C)C)s1)C2=O. The molecular formula is C21H29N3O4S. The first-order chi connectivity index (χ1) is 13.5. The summed E-state index contributed by atoms with van der Waals surface area (Å²) in [6.45, 7) is 7.59. The van der Waals surface area contributed by atoms with Crippen LogP contribution in [0.25, 0.3) is 0 Å². The lowest BCUT2D eigenvalue weighted by Crippen LogP contribution is -2.54. The van der Waals surface area contributed by atoms with Crippen molar-refractivity contribution in [2.75, 3.05) is 6.54 Å². The number of amides is 4. The molecule has 1 saturated carbocycles. The molecule has 1 aromatic rings. The quantitative estimate of drug-likeness (QED) is 0.566. The third-order valence-electron chi connectivity index (χ3n) is 5.84. The van der Waals surface area contributed by atoms with Gasteiger partial charge < -0.3 is 10.6 Å². The van der Waals surface area contributed by atoms with E-state index in [0.29, 0.717) is 17.8 Å². The summed E-state index contributed by atoms with van der Waals surface area (Å²) in [5, 5.41) is 5.72. The number of hydrogen-bond acceptors (Lipinski definition) is 5. The number of urea groups is 1. The summed E-state index contributed by atoms with van der Waals surface area (Å²) in [6.07, 6.45) is 3.46. The number of carbonyl (C=O) groups is 4. The molecular weight excluding hydrogens is 390 g/mol. The van der Waals surface area contributed by atoms with Crippen LogP contribution in [-0.2, 0) is 16.1 Å². The molecule has 2 N–H and O–H groups in total. The van der Waals surface area contributed by atoms with E-state index in [1.54, 1.807) is 12.1 Å². The average Bonchev–Trinajstić information content (AvgIpc) is 3.21. The minimum atomic E-state index is -0.854. The maximum absolute atomic E-state index is 13.0. The molecule has 2 heterocycles. The van der Waals surface area contributed by atoms with Crippen molar-refractivity contribution in [3.05, 3.63) is 21.9 Å². The van der Waals surface area contributed by atoms with Gasteiger partial charge >= 0.3 is 6.03 Å². The molecule has 1 aliphatic carbocycles. The van der Waals surface area contributed by atoms with Crippen LogP contribution < -0.4 is 10.6 Å². The highest BCUT2D eigenvalue weighted by Gasteiger charge is 2.55. The van der Waals surface area contributed by atoms with Crippen molar-refractivity contribution in [2.45, 2.75) is 65.5 Å². The molecule has 2 atom stereocenters. The highest BCUT2D eigenvalue weighted by Crippen LogP contribution is 2.38. The molecule has 0 aromatic carbocycles. The molecule has 2 aliphatic rings. The molecule has 29 heavy (non-hydrogen) atoms. The second kappa shape index (κ2) is 7.89. The van der Waals surface area contributed by atoms with E-state index in [9.17, 15) is 19.2 Å². The molecule has 0 unspecified atom stereocenters. The zero-order chi connectivity index (χ0) is 21.4. The lowest BCUT2D eigenvalue weighted by Gasteiger charge is -2.36. The average molecular weight is 420 g/mol. The number of hydrogen-bond donors (Lipinski definition) is 2. The van der Waals surface area contributed by atoms with Crippen molar-refractivity contribution in [3.8, 4) is 0 Å². The first-order valence-electron chi connectivity index (χ1n) is 10.1. The normalized spacial score (nSPS) is 24.7. The van der Waals surface area contributed by atoms with Crippen LogP contribution in [0.4, 0.5) is 4.79 Å². The Morgan fingerprint density at radius 1 is 1.28 bits per heavy atom.